The maximum Gasteiger partial charge on any atom is 0.310 e. The molecular formula is C37H55NO5. The van der Waals surface area contributed by atoms with Gasteiger partial charge in [-0.2, -0.15) is 0 Å². The van der Waals surface area contributed by atoms with Crippen LogP contribution in [0.3, 0.4) is 0 Å². The van der Waals surface area contributed by atoms with Gasteiger partial charge < -0.3 is 24.6 Å². The first-order valence-corrected chi connectivity index (χ1v) is 17.4. The molecule has 0 aromatic heterocycles. The molecule has 43 heavy (non-hydrogen) atoms. The van der Waals surface area contributed by atoms with E-state index in [-0.39, 0.29) is 17.8 Å². The number of carbonyl (C=O) groups excluding carboxylic acids is 1. The van der Waals surface area contributed by atoms with Crippen molar-refractivity contribution in [2.24, 2.45) is 0 Å². The van der Waals surface area contributed by atoms with E-state index in [4.69, 9.17) is 9.47 Å². The monoisotopic (exact) mass is 593 g/mol. The molecular weight excluding hydrogens is 538 g/mol. The molecule has 2 aliphatic carbocycles. The summed E-state index contributed by atoms with van der Waals surface area (Å²) in [4.78, 5) is 15.2. The number of ether oxygens (including phenoxy) is 2. The zero-order valence-electron chi connectivity index (χ0n) is 26.7. The number of phenolic OH excluding ortho intramolecular Hbond substituents is 1. The molecule has 6 heteroatoms. The van der Waals surface area contributed by atoms with Crippen molar-refractivity contribution in [2.75, 3.05) is 13.6 Å². The number of esters is 1. The second-order valence-corrected chi connectivity index (χ2v) is 13.6. The highest BCUT2D eigenvalue weighted by Gasteiger charge is 2.72. The Hall–Kier alpha value is -2.31. The normalized spacial score (nSPS) is 27.2. The van der Waals surface area contributed by atoms with Crippen molar-refractivity contribution in [3.63, 3.8) is 0 Å². The number of nitrogens with zero attached hydrogens (tertiary/aromatic N) is 1. The maximum absolute atomic E-state index is 12.9. The molecule has 4 atom stereocenters. The van der Waals surface area contributed by atoms with Gasteiger partial charge in [-0.25, -0.2) is 0 Å². The van der Waals surface area contributed by atoms with Gasteiger partial charge in [0.05, 0.1) is 11.0 Å². The Kier molecular flexibility index (Phi) is 10.9. The summed E-state index contributed by atoms with van der Waals surface area (Å²) in [5.41, 5.74) is 0.301. The fourth-order valence-corrected chi connectivity index (χ4v) is 8.31. The predicted molar refractivity (Wildman–Crippen MR) is 171 cm³/mol. The van der Waals surface area contributed by atoms with Crippen LogP contribution in [-0.4, -0.2) is 52.4 Å². The Balaban J connectivity index is 1.00. The second-order valence-electron chi connectivity index (χ2n) is 13.6. The number of aliphatic hydroxyl groups is 1. The fraction of sp³-hybridized carbons (Fsp3) is 0.703. The lowest BCUT2D eigenvalue weighted by Gasteiger charge is -2.61. The predicted octanol–water partition coefficient (Wildman–Crippen LogP) is 8.03. The number of unbranched alkanes of at least 4 members (excludes halogenated alkanes) is 13. The number of allylic oxidation sites excluding steroid dienone is 2. The number of aromatic hydroxyl groups is 1. The van der Waals surface area contributed by atoms with E-state index in [1.165, 1.54) is 77.0 Å². The van der Waals surface area contributed by atoms with Gasteiger partial charge in [-0.15, -0.1) is 0 Å². The molecule has 238 valence electrons. The molecule has 2 aliphatic heterocycles. The van der Waals surface area contributed by atoms with Crippen molar-refractivity contribution < 1.29 is 24.5 Å². The quantitative estimate of drug-likeness (QED) is 0.102. The Labute approximate surface area is 259 Å². The number of benzene rings is 1. The second kappa shape index (κ2) is 14.6. The molecule has 2 heterocycles. The minimum absolute atomic E-state index is 0.0461. The van der Waals surface area contributed by atoms with Crippen LogP contribution in [0.5, 0.6) is 11.5 Å². The van der Waals surface area contributed by atoms with Gasteiger partial charge in [-0.05, 0) is 76.2 Å². The van der Waals surface area contributed by atoms with Gasteiger partial charge in [0.25, 0.3) is 0 Å². The van der Waals surface area contributed by atoms with Gasteiger partial charge in [0.1, 0.15) is 5.76 Å². The van der Waals surface area contributed by atoms with Crippen LogP contribution >= 0.6 is 0 Å². The van der Waals surface area contributed by atoms with Gasteiger partial charge in [-0.1, -0.05) is 89.4 Å². The van der Waals surface area contributed by atoms with Gasteiger partial charge in [0.15, 0.2) is 17.6 Å². The van der Waals surface area contributed by atoms with Crippen LogP contribution in [-0.2, 0) is 21.4 Å². The summed E-state index contributed by atoms with van der Waals surface area (Å²) in [7, 11) is 2.07. The van der Waals surface area contributed by atoms with Crippen LogP contribution in [0.4, 0.5) is 0 Å². The van der Waals surface area contributed by atoms with E-state index >= 15 is 0 Å². The third-order valence-corrected chi connectivity index (χ3v) is 10.7. The van der Waals surface area contributed by atoms with Gasteiger partial charge in [0.2, 0.25) is 0 Å². The number of likely N-dealkylation sites (tertiary alicyclic amines) is 1. The van der Waals surface area contributed by atoms with Crippen molar-refractivity contribution in [3.8, 4) is 11.5 Å². The van der Waals surface area contributed by atoms with E-state index in [2.05, 4.69) is 31.0 Å². The summed E-state index contributed by atoms with van der Waals surface area (Å²) in [5, 5.41) is 22.9. The number of hydrogen-bond donors (Lipinski definition) is 2. The summed E-state index contributed by atoms with van der Waals surface area (Å²) < 4.78 is 12.3. The standard InChI is InChI=1S/C37H55NO5/c1-3-4-5-6-7-8-9-10-11-12-13-14-15-16-17-18-19-20-32(40)42-30-23-24-37(41)31-27-28-21-22-29(39)34-33(28)36(37,35(30)43-34)25-26-38(31)2/h10-11,21-23,31,35,39,41H,3-9,12-20,24-27H2,1-2H3/b11-10-/t31-,35+,36+,37-/m1/s1. The molecule has 5 rings (SSSR count). The van der Waals surface area contributed by atoms with Gasteiger partial charge in [-0.3, -0.25) is 4.79 Å². The average Bonchev–Trinajstić information content (AvgIpc) is 3.36. The SMILES string of the molecule is CCCCCCCC/C=C\CCCCCCCCCC(=O)OC1=CC[C@@]2(O)[C@H]3Cc4ccc(O)c5c4[C@@]2(CCN3C)[C@H]1O5. The lowest BCUT2D eigenvalue weighted by molar-refractivity contribution is -0.169. The lowest BCUT2D eigenvalue weighted by Crippen LogP contribution is -2.74. The third-order valence-electron chi connectivity index (χ3n) is 10.7. The first-order valence-electron chi connectivity index (χ1n) is 17.4. The van der Waals surface area contributed by atoms with Crippen molar-refractivity contribution in [1.29, 1.82) is 0 Å². The summed E-state index contributed by atoms with van der Waals surface area (Å²) in [6, 6.07) is 3.61. The number of rotatable bonds is 18. The molecule has 1 saturated heterocycles. The van der Waals surface area contributed by atoms with E-state index in [9.17, 15) is 15.0 Å². The van der Waals surface area contributed by atoms with Gasteiger partial charge >= 0.3 is 5.97 Å². The van der Waals surface area contributed by atoms with Crippen LogP contribution in [0.25, 0.3) is 0 Å². The number of piperidine rings is 1. The Morgan fingerprint density at radius 1 is 1.00 bits per heavy atom. The number of carbonyl (C=O) groups is 1. The van der Waals surface area contributed by atoms with Crippen molar-refractivity contribution in [1.82, 2.24) is 4.90 Å². The number of likely N-dealkylation sites (N-methyl/N-ethyl adjacent to an activating group) is 1. The largest absolute Gasteiger partial charge is 0.504 e. The Bertz CT molecular complexity index is 1160. The minimum Gasteiger partial charge on any atom is -0.504 e. The van der Waals surface area contributed by atoms with E-state index in [0.717, 1.165) is 36.9 Å². The molecule has 6 nitrogen and oxygen atoms in total. The average molecular weight is 594 g/mol. The zero-order chi connectivity index (χ0) is 30.3. The topological polar surface area (TPSA) is 79.2 Å². The molecule has 1 aromatic carbocycles. The number of hydrogen-bond acceptors (Lipinski definition) is 6. The minimum atomic E-state index is -1.03. The lowest BCUT2D eigenvalue weighted by atomic mass is 9.50. The van der Waals surface area contributed by atoms with Crippen molar-refractivity contribution in [2.45, 2.75) is 152 Å². The van der Waals surface area contributed by atoms with Crippen molar-refractivity contribution in [3.05, 3.63) is 47.2 Å². The highest BCUT2D eigenvalue weighted by Crippen LogP contribution is 2.65. The van der Waals surface area contributed by atoms with E-state index < -0.39 is 17.1 Å². The van der Waals surface area contributed by atoms with Crippen LogP contribution in [0.15, 0.2) is 36.1 Å². The van der Waals surface area contributed by atoms with E-state index in [1.54, 1.807) is 6.07 Å². The molecule has 2 bridgehead atoms. The maximum atomic E-state index is 12.9. The molecule has 0 saturated carbocycles. The summed E-state index contributed by atoms with van der Waals surface area (Å²) >= 11 is 0. The molecule has 0 amide bonds. The molecule has 4 aliphatic rings. The van der Waals surface area contributed by atoms with E-state index in [1.807, 2.05) is 12.1 Å². The highest BCUT2D eigenvalue weighted by atomic mass is 16.6. The first kappa shape index (κ1) is 32.1. The molecule has 0 radical (unpaired) electrons. The van der Waals surface area contributed by atoms with Crippen LogP contribution < -0.4 is 4.74 Å². The third kappa shape index (κ3) is 6.56. The molecule has 0 unspecified atom stereocenters. The molecule has 1 spiro atoms. The molecule has 1 fully saturated rings. The van der Waals surface area contributed by atoms with Crippen LogP contribution in [0.2, 0.25) is 0 Å². The number of phenols is 1. The molecule has 2 N–H and O–H groups in total. The van der Waals surface area contributed by atoms with E-state index in [0.29, 0.717) is 37.2 Å². The zero-order valence-corrected chi connectivity index (χ0v) is 26.7. The summed E-state index contributed by atoms with van der Waals surface area (Å²) in [5.74, 6) is 0.817. The fourth-order valence-electron chi connectivity index (χ4n) is 8.31. The molecule has 1 aromatic rings. The van der Waals surface area contributed by atoms with Crippen molar-refractivity contribution >= 4 is 5.97 Å². The Morgan fingerprint density at radius 2 is 1.65 bits per heavy atom. The first-order chi connectivity index (χ1) is 20.9. The summed E-state index contributed by atoms with van der Waals surface area (Å²) in [6.07, 6.45) is 26.9. The van der Waals surface area contributed by atoms with Crippen LogP contribution in [0.1, 0.15) is 134 Å². The smallest absolute Gasteiger partial charge is 0.310 e. The Morgan fingerprint density at radius 3 is 2.35 bits per heavy atom. The van der Waals surface area contributed by atoms with Gasteiger partial charge in [0, 0.05) is 24.4 Å². The van der Waals surface area contributed by atoms with Crippen LogP contribution in [0, 0.1) is 0 Å². The summed E-state index contributed by atoms with van der Waals surface area (Å²) in [6.45, 7) is 3.09. The highest BCUT2D eigenvalue weighted by molar-refractivity contribution is 5.71.